The van der Waals surface area contributed by atoms with Gasteiger partial charge in [0.1, 0.15) is 15.6 Å². The van der Waals surface area contributed by atoms with E-state index < -0.39 is 0 Å². The van der Waals surface area contributed by atoms with E-state index in [0.717, 1.165) is 43.9 Å². The van der Waals surface area contributed by atoms with Gasteiger partial charge in [-0.2, -0.15) is 0 Å². The lowest BCUT2D eigenvalue weighted by Crippen LogP contribution is -1.97. The number of nitrogens with zero attached hydrogens (tertiary/aromatic N) is 4. The molecule has 4 rings (SSSR count). The van der Waals surface area contributed by atoms with Crippen LogP contribution in [0.4, 0.5) is 0 Å². The molecule has 29 heavy (non-hydrogen) atoms. The predicted molar refractivity (Wildman–Crippen MR) is 122 cm³/mol. The number of rotatable bonds is 4. The Balaban J connectivity index is 1.84. The molecule has 3 aromatic heterocycles. The number of pyridine rings is 2. The summed E-state index contributed by atoms with van der Waals surface area (Å²) in [5.41, 5.74) is 5.88. The molecule has 0 aliphatic carbocycles. The fourth-order valence-electron chi connectivity index (χ4n) is 3.07. The maximum absolute atomic E-state index is 6.17. The second-order valence-electron chi connectivity index (χ2n) is 6.70. The molecule has 0 aliphatic rings. The molecule has 4 aromatic rings. The molecule has 1 aromatic carbocycles. The molecule has 4 nitrogen and oxygen atoms in total. The van der Waals surface area contributed by atoms with Gasteiger partial charge in [-0.15, -0.1) is 0 Å². The van der Waals surface area contributed by atoms with Crippen LogP contribution in [0.5, 0.6) is 0 Å². The number of benzene rings is 1. The van der Waals surface area contributed by atoms with Gasteiger partial charge in [0, 0.05) is 36.1 Å². The van der Waals surface area contributed by atoms with Crippen molar-refractivity contribution in [1.29, 1.82) is 0 Å². The third kappa shape index (κ3) is 4.16. The van der Waals surface area contributed by atoms with Crippen LogP contribution in [0.15, 0.2) is 65.7 Å². The molecule has 0 aliphatic heterocycles. The number of imidazole rings is 1. The Hall–Kier alpha value is -2.76. The van der Waals surface area contributed by atoms with E-state index in [1.165, 1.54) is 0 Å². The SMILES string of the molecule is Cc1cc(-c2ncc(-c3ncc(Cl)n3C)cc2C=Cc2ccccc2)cnc1Br. The van der Waals surface area contributed by atoms with Crippen molar-refractivity contribution >= 4 is 39.7 Å². The van der Waals surface area contributed by atoms with Crippen molar-refractivity contribution in [1.82, 2.24) is 19.5 Å². The average Bonchev–Trinajstić information content (AvgIpc) is 3.08. The molecule has 6 heteroatoms. The van der Waals surface area contributed by atoms with E-state index in [1.54, 1.807) is 6.20 Å². The van der Waals surface area contributed by atoms with Crippen LogP contribution in [0, 0.1) is 6.92 Å². The molecule has 0 fully saturated rings. The van der Waals surface area contributed by atoms with Gasteiger partial charge in [-0.25, -0.2) is 9.97 Å². The molecule has 0 saturated carbocycles. The highest BCUT2D eigenvalue weighted by molar-refractivity contribution is 9.10. The van der Waals surface area contributed by atoms with E-state index >= 15 is 0 Å². The minimum absolute atomic E-state index is 0.582. The first kappa shape index (κ1) is 19.6. The van der Waals surface area contributed by atoms with E-state index in [9.17, 15) is 0 Å². The lowest BCUT2D eigenvalue weighted by molar-refractivity contribution is 0.924. The van der Waals surface area contributed by atoms with Crippen LogP contribution in [0.3, 0.4) is 0 Å². The van der Waals surface area contributed by atoms with E-state index in [0.29, 0.717) is 5.15 Å². The zero-order valence-corrected chi connectivity index (χ0v) is 18.3. The molecule has 0 spiro atoms. The smallest absolute Gasteiger partial charge is 0.142 e. The third-order valence-electron chi connectivity index (χ3n) is 4.65. The molecule has 144 valence electrons. The highest BCUT2D eigenvalue weighted by Gasteiger charge is 2.13. The quantitative estimate of drug-likeness (QED) is 0.326. The summed E-state index contributed by atoms with van der Waals surface area (Å²) < 4.78 is 2.68. The summed E-state index contributed by atoms with van der Waals surface area (Å²) in [5, 5.41) is 0.582. The van der Waals surface area contributed by atoms with Crippen LogP contribution in [-0.4, -0.2) is 19.5 Å². The first-order valence-electron chi connectivity index (χ1n) is 9.06. The topological polar surface area (TPSA) is 43.6 Å². The molecule has 0 saturated heterocycles. The molecule has 0 amide bonds. The van der Waals surface area contributed by atoms with Crippen molar-refractivity contribution in [3.63, 3.8) is 0 Å². The lowest BCUT2D eigenvalue weighted by atomic mass is 10.0. The highest BCUT2D eigenvalue weighted by Crippen LogP contribution is 2.29. The summed E-state index contributed by atoms with van der Waals surface area (Å²) in [4.78, 5) is 13.6. The summed E-state index contributed by atoms with van der Waals surface area (Å²) in [5.74, 6) is 0.772. The Bertz CT molecular complexity index is 1200. The summed E-state index contributed by atoms with van der Waals surface area (Å²) in [6.45, 7) is 2.02. The van der Waals surface area contributed by atoms with Gasteiger partial charge in [0.25, 0.3) is 0 Å². The van der Waals surface area contributed by atoms with Crippen molar-refractivity contribution in [2.75, 3.05) is 0 Å². The van der Waals surface area contributed by atoms with Crippen molar-refractivity contribution in [2.45, 2.75) is 6.92 Å². The predicted octanol–water partition coefficient (Wildman–Crippen LogP) is 6.44. The fraction of sp³-hybridized carbons (Fsp3) is 0.0870. The second kappa shape index (κ2) is 8.31. The maximum Gasteiger partial charge on any atom is 0.142 e. The van der Waals surface area contributed by atoms with Gasteiger partial charge in [0.15, 0.2) is 0 Å². The first-order chi connectivity index (χ1) is 14.0. The average molecular weight is 466 g/mol. The molecule has 0 unspecified atom stereocenters. The zero-order chi connectivity index (χ0) is 20.4. The van der Waals surface area contributed by atoms with Gasteiger partial charge < -0.3 is 4.57 Å². The van der Waals surface area contributed by atoms with Crippen molar-refractivity contribution in [3.8, 4) is 22.6 Å². The van der Waals surface area contributed by atoms with Crippen LogP contribution in [0.1, 0.15) is 16.7 Å². The van der Waals surface area contributed by atoms with E-state index in [1.807, 2.05) is 49.1 Å². The number of aryl methyl sites for hydroxylation is 1. The maximum atomic E-state index is 6.17. The van der Waals surface area contributed by atoms with E-state index in [4.69, 9.17) is 16.6 Å². The van der Waals surface area contributed by atoms with Crippen LogP contribution >= 0.6 is 27.5 Å². The Labute approximate surface area is 183 Å². The van der Waals surface area contributed by atoms with Crippen LogP contribution < -0.4 is 0 Å². The Morgan fingerprint density at radius 3 is 2.38 bits per heavy atom. The summed E-state index contributed by atoms with van der Waals surface area (Å²) in [6, 6.07) is 14.3. The minimum atomic E-state index is 0.582. The van der Waals surface area contributed by atoms with Crippen LogP contribution in [0.25, 0.3) is 34.8 Å². The van der Waals surface area contributed by atoms with Gasteiger partial charge >= 0.3 is 0 Å². The fourth-order valence-corrected chi connectivity index (χ4v) is 3.41. The molecular weight excluding hydrogens is 448 g/mol. The third-order valence-corrected chi connectivity index (χ3v) is 5.83. The highest BCUT2D eigenvalue weighted by atomic mass is 79.9. The molecule has 3 heterocycles. The second-order valence-corrected chi connectivity index (χ2v) is 7.84. The van der Waals surface area contributed by atoms with E-state index in [2.05, 4.69) is 62.3 Å². The molecular formula is C23H18BrClN4. The normalized spacial score (nSPS) is 11.3. The van der Waals surface area contributed by atoms with Crippen LogP contribution in [0.2, 0.25) is 5.15 Å². The Morgan fingerprint density at radius 1 is 0.931 bits per heavy atom. The Morgan fingerprint density at radius 2 is 1.69 bits per heavy atom. The number of hydrogen-bond donors (Lipinski definition) is 0. The van der Waals surface area contributed by atoms with Crippen molar-refractivity contribution in [3.05, 3.63) is 87.5 Å². The van der Waals surface area contributed by atoms with Gasteiger partial charge in [-0.3, -0.25) is 4.98 Å². The molecule has 0 N–H and O–H groups in total. The Kier molecular flexibility index (Phi) is 5.60. The molecule has 0 atom stereocenters. The number of halogens is 2. The number of hydrogen-bond acceptors (Lipinski definition) is 3. The monoisotopic (exact) mass is 464 g/mol. The van der Waals surface area contributed by atoms with Gasteiger partial charge in [-0.1, -0.05) is 54.1 Å². The minimum Gasteiger partial charge on any atom is -0.318 e. The van der Waals surface area contributed by atoms with Crippen LogP contribution in [-0.2, 0) is 7.05 Å². The molecule has 0 bridgehead atoms. The largest absolute Gasteiger partial charge is 0.318 e. The van der Waals surface area contributed by atoms with Gasteiger partial charge in [-0.05, 0) is 46.1 Å². The first-order valence-corrected chi connectivity index (χ1v) is 10.2. The van der Waals surface area contributed by atoms with Crippen molar-refractivity contribution in [2.24, 2.45) is 7.05 Å². The zero-order valence-electron chi connectivity index (χ0n) is 16.0. The lowest BCUT2D eigenvalue weighted by Gasteiger charge is -2.10. The summed E-state index contributed by atoms with van der Waals surface area (Å²) in [6.07, 6.45) is 9.45. The summed E-state index contributed by atoms with van der Waals surface area (Å²) in [7, 11) is 1.89. The molecule has 0 radical (unpaired) electrons. The number of aromatic nitrogens is 4. The summed E-state index contributed by atoms with van der Waals surface area (Å²) >= 11 is 9.64. The van der Waals surface area contributed by atoms with Crippen molar-refractivity contribution < 1.29 is 0 Å². The van der Waals surface area contributed by atoms with Gasteiger partial charge in [0.2, 0.25) is 0 Å². The van der Waals surface area contributed by atoms with Gasteiger partial charge in [0.05, 0.1) is 11.9 Å². The van der Waals surface area contributed by atoms with E-state index in [-0.39, 0.29) is 0 Å². The standard InChI is InChI=1S/C23H18BrClN4/c1-15-10-18(12-27-22(15)24)21-17(9-8-16-6-4-3-5-7-16)11-19(13-26-21)23-28-14-20(25)29(23)2/h3-14H,1-2H3.